The Morgan fingerprint density at radius 1 is 0.434 bits per heavy atom. The summed E-state index contributed by atoms with van der Waals surface area (Å²) in [5.41, 5.74) is 2.69. The summed E-state index contributed by atoms with van der Waals surface area (Å²) >= 11 is 0. The molecule has 0 saturated carbocycles. The van der Waals surface area contributed by atoms with Crippen LogP contribution in [0.15, 0.2) is 180 Å². The molecule has 1 nitrogen and oxygen atoms in total. The minimum absolute atomic E-state index is 0.0571. The van der Waals surface area contributed by atoms with Gasteiger partial charge in [0.05, 0.1) is 15.1 Å². The lowest BCUT2D eigenvalue weighted by molar-refractivity contribution is 0.432. The minimum Gasteiger partial charge on any atom is -0.460 e. The molecule has 10 aromatic rings. The van der Waals surface area contributed by atoms with Crippen LogP contribution in [0.1, 0.15) is 41.6 Å². The van der Waals surface area contributed by atoms with Crippen molar-refractivity contribution in [2.75, 3.05) is 0 Å². The first-order chi connectivity index (χ1) is 30.5. The van der Waals surface area contributed by atoms with Gasteiger partial charge in [-0.2, -0.15) is 0 Å². The Bertz CT molecular complexity index is 3580. The van der Waals surface area contributed by atoms with Gasteiger partial charge in [0.2, 0.25) is 0 Å². The second kappa shape index (κ2) is 12.1. The van der Waals surface area contributed by atoms with E-state index in [0.717, 1.165) is 32.7 Å². The fourth-order valence-corrected chi connectivity index (χ4v) is 7.74. The molecule has 0 radical (unpaired) electrons. The molecule has 0 aliphatic carbocycles. The Hall–Kier alpha value is -6.44. The van der Waals surface area contributed by atoms with Gasteiger partial charge in [-0.15, -0.1) is 0 Å². The first-order valence-corrected chi connectivity index (χ1v) is 17.6. The summed E-state index contributed by atoms with van der Waals surface area (Å²) in [7, 11) is 0. The highest BCUT2D eigenvalue weighted by Crippen LogP contribution is 2.49. The number of benzene rings is 9. The zero-order valence-electron chi connectivity index (χ0n) is 40.3. The summed E-state index contributed by atoms with van der Waals surface area (Å²) < 4.78 is 109. The van der Waals surface area contributed by atoms with Crippen LogP contribution in [0, 0.1) is 0 Å². The molecule has 0 saturated heterocycles. The molecule has 9 aromatic carbocycles. The molecule has 53 heavy (non-hydrogen) atoms. The van der Waals surface area contributed by atoms with Crippen molar-refractivity contribution in [3.8, 4) is 44.5 Å². The van der Waals surface area contributed by atoms with Crippen LogP contribution in [0.4, 0.5) is 0 Å². The molecule has 0 N–H and O–H groups in total. The molecule has 0 aliphatic rings. The molecular weight excluding hydrogens is 641 g/mol. The van der Waals surface area contributed by atoms with Crippen molar-refractivity contribution in [1.29, 1.82) is 0 Å². The monoisotopic (exact) mass is 689 g/mol. The quantitative estimate of drug-likeness (QED) is 0.132. The number of para-hydroxylation sites is 1. The fourth-order valence-electron chi connectivity index (χ4n) is 7.74. The molecule has 252 valence electrons. The van der Waals surface area contributed by atoms with Crippen LogP contribution in [0.5, 0.6) is 0 Å². The lowest BCUT2D eigenvalue weighted by atomic mass is 9.81. The number of furan rings is 1. The highest BCUT2D eigenvalue weighted by Gasteiger charge is 2.29. The van der Waals surface area contributed by atoms with E-state index < -0.39 is 59.8 Å². The molecule has 1 heterocycles. The molecule has 0 atom stereocenters. The molecule has 0 spiro atoms. The fraction of sp³-hybridized carbons (Fsp3) is 0.0769. The van der Waals surface area contributed by atoms with Crippen LogP contribution in [-0.2, 0) is 5.41 Å². The minimum atomic E-state index is -0.698. The van der Waals surface area contributed by atoms with E-state index in [1.165, 1.54) is 6.07 Å². The summed E-state index contributed by atoms with van der Waals surface area (Å²) in [5, 5.41) is 4.58. The smallest absolute Gasteiger partial charge is 0.134 e. The van der Waals surface area contributed by atoms with E-state index in [1.54, 1.807) is 24.3 Å². The van der Waals surface area contributed by atoms with E-state index in [4.69, 9.17) is 11.3 Å². The summed E-state index contributed by atoms with van der Waals surface area (Å²) in [6.45, 7) is 5.77. The van der Waals surface area contributed by atoms with Gasteiger partial charge in [-0.05, 0) is 88.6 Å². The molecule has 1 heteroatoms. The van der Waals surface area contributed by atoms with E-state index in [2.05, 4.69) is 36.4 Å². The summed E-state index contributed by atoms with van der Waals surface area (Å²) in [6, 6.07) is 29.4. The molecule has 0 unspecified atom stereocenters. The standard InChI is InChI=1S/C52H38O/c1-52(2,3)51-50(45-23-10-11-25-46(45)53-51)49-43-21-8-6-19-41(43)48(42-20-7-9-22-44(42)49)38-17-12-16-37(32-38)33-26-28-35(29-27-33)40-24-13-15-36-31-30-34-14-4-5-18-39(34)47(36)40/h4-32H,1-3H3/i6D,7D,8D,9D,12D,17D,19D,20D,21D,22D,32D. The van der Waals surface area contributed by atoms with Gasteiger partial charge in [0.15, 0.2) is 0 Å². The average Bonchev–Trinajstić information content (AvgIpc) is 3.69. The maximum Gasteiger partial charge on any atom is 0.134 e. The third-order valence-corrected chi connectivity index (χ3v) is 10.1. The van der Waals surface area contributed by atoms with Crippen LogP contribution in [0.25, 0.3) is 98.6 Å². The van der Waals surface area contributed by atoms with Gasteiger partial charge < -0.3 is 4.42 Å². The lowest BCUT2D eigenvalue weighted by Crippen LogP contribution is -2.11. The molecule has 1 aromatic heterocycles. The Morgan fingerprint density at radius 2 is 1.04 bits per heavy atom. The van der Waals surface area contributed by atoms with E-state index in [9.17, 15) is 8.22 Å². The number of rotatable bonds is 4. The van der Waals surface area contributed by atoms with Gasteiger partial charge in [0, 0.05) is 21.9 Å². The van der Waals surface area contributed by atoms with Crippen molar-refractivity contribution in [2.24, 2.45) is 0 Å². The first kappa shape index (κ1) is 21.8. The van der Waals surface area contributed by atoms with Crippen molar-refractivity contribution >= 4 is 54.1 Å². The molecule has 0 bridgehead atoms. The van der Waals surface area contributed by atoms with Gasteiger partial charge in [0.25, 0.3) is 0 Å². The topological polar surface area (TPSA) is 13.1 Å². The Kier molecular flexibility index (Phi) is 4.97. The lowest BCUT2D eigenvalue weighted by Gasteiger charge is -2.21. The molecule has 0 aliphatic heterocycles. The Morgan fingerprint density at radius 3 is 1.75 bits per heavy atom. The summed E-state index contributed by atoms with van der Waals surface area (Å²) in [6.07, 6.45) is 0. The van der Waals surface area contributed by atoms with Crippen molar-refractivity contribution in [3.05, 3.63) is 181 Å². The number of fused-ring (bicyclic) bond motifs is 6. The Balaban J connectivity index is 1.32. The van der Waals surface area contributed by atoms with Gasteiger partial charge >= 0.3 is 0 Å². The predicted molar refractivity (Wildman–Crippen MR) is 227 cm³/mol. The zero-order chi connectivity index (χ0) is 45.3. The molecular formula is C52H38O. The van der Waals surface area contributed by atoms with E-state index in [1.807, 2.05) is 63.2 Å². The number of hydrogen-bond donors (Lipinski definition) is 0. The second-order valence-electron chi connectivity index (χ2n) is 14.4. The molecule has 10 rings (SSSR count). The second-order valence-corrected chi connectivity index (χ2v) is 14.4. The third-order valence-electron chi connectivity index (χ3n) is 10.1. The summed E-state index contributed by atoms with van der Waals surface area (Å²) in [5.74, 6) is 0.432. The van der Waals surface area contributed by atoms with Crippen LogP contribution in [0.2, 0.25) is 0 Å². The summed E-state index contributed by atoms with van der Waals surface area (Å²) in [4.78, 5) is 0. The highest BCUT2D eigenvalue weighted by atomic mass is 16.3. The SMILES string of the molecule is [2H]c1cc(-c2ccc(-c3cccc4ccc5ccccc5c34)cc2)c([2H])c(-c2c3c([2H])c([2H])c([2H])c([2H])c3c(-c3c(C(C)(C)C)oc4ccccc34)c3c([2H])c([2H])c([2H])c([2H])c23)c1[2H]. The van der Waals surface area contributed by atoms with E-state index in [-0.39, 0.29) is 55.9 Å². The van der Waals surface area contributed by atoms with Gasteiger partial charge in [0.1, 0.15) is 11.3 Å². The number of hydrogen-bond acceptors (Lipinski definition) is 1. The zero-order valence-corrected chi connectivity index (χ0v) is 29.3. The van der Waals surface area contributed by atoms with Crippen LogP contribution >= 0.6 is 0 Å². The van der Waals surface area contributed by atoms with Crippen LogP contribution < -0.4 is 0 Å². The van der Waals surface area contributed by atoms with E-state index >= 15 is 0 Å². The van der Waals surface area contributed by atoms with Crippen molar-refractivity contribution in [2.45, 2.75) is 26.2 Å². The van der Waals surface area contributed by atoms with Crippen molar-refractivity contribution < 1.29 is 19.5 Å². The molecule has 0 amide bonds. The maximum atomic E-state index is 9.88. The predicted octanol–water partition coefficient (Wildman–Crippen LogP) is 15.0. The van der Waals surface area contributed by atoms with Crippen molar-refractivity contribution in [1.82, 2.24) is 0 Å². The maximum absolute atomic E-state index is 9.88. The third kappa shape index (κ3) is 5.07. The normalized spacial score (nSPS) is 15.0. The van der Waals surface area contributed by atoms with Crippen LogP contribution in [0.3, 0.4) is 0 Å². The van der Waals surface area contributed by atoms with E-state index in [0.29, 0.717) is 27.9 Å². The largest absolute Gasteiger partial charge is 0.460 e. The van der Waals surface area contributed by atoms with Crippen molar-refractivity contribution in [3.63, 3.8) is 0 Å². The van der Waals surface area contributed by atoms with Gasteiger partial charge in [-0.1, -0.05) is 184 Å². The van der Waals surface area contributed by atoms with Crippen LogP contribution in [-0.4, -0.2) is 0 Å². The first-order valence-electron chi connectivity index (χ1n) is 23.1. The Labute approximate surface area is 325 Å². The average molecular weight is 690 g/mol. The van der Waals surface area contributed by atoms with Gasteiger partial charge in [-0.25, -0.2) is 0 Å². The molecule has 0 fully saturated rings. The van der Waals surface area contributed by atoms with Gasteiger partial charge in [-0.3, -0.25) is 0 Å². The highest BCUT2D eigenvalue weighted by molar-refractivity contribution is 6.24.